The lowest BCUT2D eigenvalue weighted by atomic mass is 9.89. The molecule has 146 valence electrons. The monoisotopic (exact) mass is 388 g/mol. The van der Waals surface area contributed by atoms with Crippen molar-refractivity contribution in [3.8, 4) is 0 Å². The minimum atomic E-state index is -0.467. The van der Waals surface area contributed by atoms with E-state index in [0.717, 1.165) is 22.3 Å². The van der Waals surface area contributed by atoms with Crippen molar-refractivity contribution in [1.82, 2.24) is 14.5 Å². The van der Waals surface area contributed by atoms with E-state index < -0.39 is 5.92 Å². The normalized spacial score (nSPS) is 18.9. The van der Waals surface area contributed by atoms with Gasteiger partial charge in [-0.05, 0) is 29.8 Å². The highest BCUT2D eigenvalue weighted by atomic mass is 16.2. The minimum Gasteiger partial charge on any atom is -0.338 e. The summed E-state index contributed by atoms with van der Waals surface area (Å²) in [5.41, 5.74) is 3.91. The highest BCUT2D eigenvalue weighted by molar-refractivity contribution is 6.01. The van der Waals surface area contributed by atoms with Gasteiger partial charge in [-0.2, -0.15) is 0 Å². The molecule has 7 heteroatoms. The Balaban J connectivity index is 1.41. The summed E-state index contributed by atoms with van der Waals surface area (Å²) >= 11 is 0. The van der Waals surface area contributed by atoms with Crippen molar-refractivity contribution in [2.45, 2.75) is 18.8 Å². The van der Waals surface area contributed by atoms with Gasteiger partial charge in [0.1, 0.15) is 0 Å². The van der Waals surface area contributed by atoms with Gasteiger partial charge in [0.25, 0.3) is 0 Å². The lowest BCUT2D eigenvalue weighted by Gasteiger charge is -2.32. The summed E-state index contributed by atoms with van der Waals surface area (Å²) in [6.45, 7) is 0.928. The molecule has 0 fully saturated rings. The molecule has 3 heterocycles. The van der Waals surface area contributed by atoms with Crippen molar-refractivity contribution in [2.24, 2.45) is 0 Å². The topological polar surface area (TPSA) is 87.2 Å². The predicted molar refractivity (Wildman–Crippen MR) is 110 cm³/mol. The summed E-state index contributed by atoms with van der Waals surface area (Å²) in [4.78, 5) is 42.3. The Bertz CT molecular complexity index is 1220. The number of carbonyl (C=O) groups excluding carboxylic acids is 2. The van der Waals surface area contributed by atoms with Gasteiger partial charge in [-0.3, -0.25) is 14.2 Å². The van der Waals surface area contributed by atoms with Gasteiger partial charge < -0.3 is 15.2 Å². The number of aromatic amines is 1. The van der Waals surface area contributed by atoms with Crippen molar-refractivity contribution in [3.05, 3.63) is 70.7 Å². The van der Waals surface area contributed by atoms with Crippen molar-refractivity contribution in [3.63, 3.8) is 0 Å². The van der Waals surface area contributed by atoms with Crippen LogP contribution in [-0.4, -0.2) is 39.4 Å². The molecule has 1 atom stereocenters. The van der Waals surface area contributed by atoms with Gasteiger partial charge in [-0.15, -0.1) is 0 Å². The van der Waals surface area contributed by atoms with E-state index in [-0.39, 0.29) is 23.9 Å². The molecule has 0 bridgehead atoms. The second-order valence-corrected chi connectivity index (χ2v) is 7.40. The number of imidazole rings is 1. The third-order valence-electron chi connectivity index (χ3n) is 5.67. The number of carbonyl (C=O) groups is 2. The van der Waals surface area contributed by atoms with Gasteiger partial charge in [-0.1, -0.05) is 30.3 Å². The van der Waals surface area contributed by atoms with Crippen LogP contribution in [0.4, 0.5) is 5.69 Å². The smallest absolute Gasteiger partial charge is 0.330 e. The first-order chi connectivity index (χ1) is 14.1. The maximum absolute atomic E-state index is 13.2. The zero-order valence-electron chi connectivity index (χ0n) is 15.7. The van der Waals surface area contributed by atoms with Crippen LogP contribution >= 0.6 is 0 Å². The van der Waals surface area contributed by atoms with E-state index >= 15 is 0 Å². The summed E-state index contributed by atoms with van der Waals surface area (Å²) in [6.07, 6.45) is 2.66. The van der Waals surface area contributed by atoms with E-state index in [1.54, 1.807) is 9.47 Å². The number of aromatic nitrogens is 2. The van der Waals surface area contributed by atoms with Crippen LogP contribution in [0.15, 0.2) is 59.4 Å². The first kappa shape index (κ1) is 17.5. The molecule has 3 aromatic rings. The van der Waals surface area contributed by atoms with Gasteiger partial charge in [-0.25, -0.2) is 4.79 Å². The first-order valence-corrected chi connectivity index (χ1v) is 9.68. The molecule has 0 spiro atoms. The number of hydrogen-bond acceptors (Lipinski definition) is 3. The van der Waals surface area contributed by atoms with E-state index in [0.29, 0.717) is 25.2 Å². The molecule has 2 N–H and O–H groups in total. The standard InChI is InChI=1S/C22H20N4O3/c27-20-13-16(15-5-1-2-6-17(15)23-20)21(28)25-11-9-14(10-12-25)26-19-8-4-3-7-18(19)24-22(26)29/h1-9,16H,10-13H2,(H,23,27)(H,24,29). The molecule has 5 rings (SSSR count). The molecule has 2 amide bonds. The Morgan fingerprint density at radius 3 is 2.66 bits per heavy atom. The fourth-order valence-electron chi connectivity index (χ4n) is 4.25. The number of para-hydroxylation sites is 3. The highest BCUT2D eigenvalue weighted by Gasteiger charge is 2.34. The zero-order chi connectivity index (χ0) is 20.0. The van der Waals surface area contributed by atoms with E-state index in [2.05, 4.69) is 10.3 Å². The molecule has 2 aliphatic heterocycles. The Morgan fingerprint density at radius 1 is 1.03 bits per heavy atom. The lowest BCUT2D eigenvalue weighted by Crippen LogP contribution is -2.41. The number of nitrogens with one attached hydrogen (secondary N) is 2. The Kier molecular flexibility index (Phi) is 4.08. The van der Waals surface area contributed by atoms with E-state index in [1.165, 1.54) is 0 Å². The summed E-state index contributed by atoms with van der Waals surface area (Å²) in [5.74, 6) is -0.653. The van der Waals surface area contributed by atoms with Crippen molar-refractivity contribution < 1.29 is 9.59 Å². The van der Waals surface area contributed by atoms with Gasteiger partial charge in [0.2, 0.25) is 11.8 Å². The first-order valence-electron chi connectivity index (χ1n) is 9.68. The molecular formula is C22H20N4O3. The SMILES string of the molecule is O=C1CC(C(=O)N2CC=C(n3c(=O)[nH]c4ccccc43)CC2)c2ccccc2N1. The number of anilines is 1. The summed E-state index contributed by atoms with van der Waals surface area (Å²) in [6, 6.07) is 15.0. The molecule has 2 aliphatic rings. The van der Waals surface area contributed by atoms with Gasteiger partial charge in [0.05, 0.1) is 17.0 Å². The largest absolute Gasteiger partial charge is 0.338 e. The average molecular weight is 388 g/mol. The Hall–Kier alpha value is -3.61. The quantitative estimate of drug-likeness (QED) is 0.707. The summed E-state index contributed by atoms with van der Waals surface area (Å²) in [7, 11) is 0. The molecule has 7 nitrogen and oxygen atoms in total. The molecule has 0 saturated heterocycles. The Morgan fingerprint density at radius 2 is 1.83 bits per heavy atom. The minimum absolute atomic E-state index is 0.0473. The number of fused-ring (bicyclic) bond motifs is 2. The van der Waals surface area contributed by atoms with Gasteiger partial charge in [0, 0.05) is 37.3 Å². The van der Waals surface area contributed by atoms with E-state index in [4.69, 9.17) is 0 Å². The maximum Gasteiger partial charge on any atom is 0.330 e. The fourth-order valence-corrected chi connectivity index (χ4v) is 4.25. The molecule has 0 radical (unpaired) electrons. The molecule has 1 unspecified atom stereocenters. The number of nitrogens with zero attached hydrogens (tertiary/aromatic N) is 2. The van der Waals surface area contributed by atoms with Crippen molar-refractivity contribution >= 4 is 34.2 Å². The molecular weight excluding hydrogens is 368 g/mol. The predicted octanol–water partition coefficient (Wildman–Crippen LogP) is 2.53. The number of amides is 2. The van der Waals surface area contributed by atoms with E-state index in [1.807, 2.05) is 54.6 Å². The maximum atomic E-state index is 13.2. The van der Waals surface area contributed by atoms with Crippen LogP contribution < -0.4 is 11.0 Å². The van der Waals surface area contributed by atoms with Crippen LogP contribution in [0.1, 0.15) is 24.3 Å². The zero-order valence-corrected chi connectivity index (χ0v) is 15.7. The second-order valence-electron chi connectivity index (χ2n) is 7.40. The highest BCUT2D eigenvalue weighted by Crippen LogP contribution is 2.34. The summed E-state index contributed by atoms with van der Waals surface area (Å²) < 4.78 is 1.68. The number of benzene rings is 2. The van der Waals surface area contributed by atoms with Crippen LogP contribution in [0, 0.1) is 0 Å². The number of rotatable bonds is 2. The number of H-pyrrole nitrogens is 1. The molecule has 0 aliphatic carbocycles. The second kappa shape index (κ2) is 6.77. The molecule has 1 aromatic heterocycles. The Labute approximate surface area is 166 Å². The molecule has 0 saturated carbocycles. The summed E-state index contributed by atoms with van der Waals surface area (Å²) in [5, 5.41) is 2.83. The fraction of sp³-hybridized carbons (Fsp3) is 0.227. The molecule has 2 aromatic carbocycles. The number of hydrogen-bond donors (Lipinski definition) is 2. The van der Waals surface area contributed by atoms with Gasteiger partial charge in [0.15, 0.2) is 0 Å². The third-order valence-corrected chi connectivity index (χ3v) is 5.67. The average Bonchev–Trinajstić information content (AvgIpc) is 3.08. The van der Waals surface area contributed by atoms with Crippen molar-refractivity contribution in [2.75, 3.05) is 18.4 Å². The van der Waals surface area contributed by atoms with Crippen LogP contribution in [0.2, 0.25) is 0 Å². The van der Waals surface area contributed by atoms with Crippen LogP contribution in [0.3, 0.4) is 0 Å². The lowest BCUT2D eigenvalue weighted by molar-refractivity contribution is -0.134. The van der Waals surface area contributed by atoms with Crippen LogP contribution in [0.25, 0.3) is 16.7 Å². The van der Waals surface area contributed by atoms with Crippen LogP contribution in [0.5, 0.6) is 0 Å². The van der Waals surface area contributed by atoms with Crippen molar-refractivity contribution in [1.29, 1.82) is 0 Å². The van der Waals surface area contributed by atoms with Gasteiger partial charge >= 0.3 is 5.69 Å². The third kappa shape index (κ3) is 2.95. The molecule has 29 heavy (non-hydrogen) atoms. The van der Waals surface area contributed by atoms with E-state index in [9.17, 15) is 14.4 Å². The van der Waals surface area contributed by atoms with Crippen LogP contribution in [-0.2, 0) is 9.59 Å².